The zero-order valence-electron chi connectivity index (χ0n) is 10.9. The summed E-state index contributed by atoms with van der Waals surface area (Å²) in [6.07, 6.45) is 3.73. The van der Waals surface area contributed by atoms with Crippen LogP contribution in [-0.2, 0) is 0 Å². The lowest BCUT2D eigenvalue weighted by atomic mass is 10.1. The van der Waals surface area contributed by atoms with Crippen LogP contribution in [0.25, 0.3) is 11.1 Å². The molecule has 0 saturated heterocycles. The molecule has 0 amide bonds. The molecule has 0 aliphatic carbocycles. The van der Waals surface area contributed by atoms with Gasteiger partial charge < -0.3 is 10.5 Å². The lowest BCUT2D eigenvalue weighted by Crippen LogP contribution is -1.96. The quantitative estimate of drug-likeness (QED) is 0.834. The molecule has 0 bridgehead atoms. The molecule has 0 fully saturated rings. The number of hydrogen-bond acceptors (Lipinski definition) is 3. The van der Waals surface area contributed by atoms with Crippen LogP contribution in [0.5, 0.6) is 5.75 Å². The number of anilines is 1. The molecule has 19 heavy (non-hydrogen) atoms. The van der Waals surface area contributed by atoms with E-state index >= 15 is 0 Å². The molecule has 3 nitrogen and oxygen atoms in total. The van der Waals surface area contributed by atoms with Gasteiger partial charge >= 0.3 is 0 Å². The number of nitrogens with zero attached hydrogens (tertiary/aromatic N) is 1. The molecule has 0 spiro atoms. The SMILES string of the molecule is CCCCOc1ccc(-c2cc(Cl)cnc2N)cc1. The minimum atomic E-state index is 0.476. The molecule has 0 atom stereocenters. The maximum absolute atomic E-state index is 5.94. The monoisotopic (exact) mass is 276 g/mol. The van der Waals surface area contributed by atoms with Crippen molar-refractivity contribution in [2.24, 2.45) is 0 Å². The van der Waals surface area contributed by atoms with Gasteiger partial charge in [-0.1, -0.05) is 37.1 Å². The van der Waals surface area contributed by atoms with Crippen molar-refractivity contribution in [1.82, 2.24) is 4.98 Å². The van der Waals surface area contributed by atoms with Crippen molar-refractivity contribution >= 4 is 17.4 Å². The Kier molecular flexibility index (Phi) is 4.63. The summed E-state index contributed by atoms with van der Waals surface area (Å²) in [6.45, 7) is 2.89. The van der Waals surface area contributed by atoms with Crippen LogP contribution >= 0.6 is 11.6 Å². The number of ether oxygens (including phenoxy) is 1. The third-order valence-corrected chi connectivity index (χ3v) is 3.02. The molecular formula is C15H17ClN2O. The molecule has 1 aromatic heterocycles. The lowest BCUT2D eigenvalue weighted by Gasteiger charge is -2.08. The van der Waals surface area contributed by atoms with Gasteiger partial charge in [-0.2, -0.15) is 0 Å². The first-order valence-electron chi connectivity index (χ1n) is 6.35. The highest BCUT2D eigenvalue weighted by atomic mass is 35.5. The van der Waals surface area contributed by atoms with E-state index in [1.807, 2.05) is 30.3 Å². The molecule has 0 saturated carbocycles. The fraction of sp³-hybridized carbons (Fsp3) is 0.267. The Morgan fingerprint density at radius 3 is 2.68 bits per heavy atom. The Bertz CT molecular complexity index is 540. The maximum atomic E-state index is 5.94. The first-order valence-corrected chi connectivity index (χ1v) is 6.72. The summed E-state index contributed by atoms with van der Waals surface area (Å²) < 4.78 is 5.62. The molecule has 0 aliphatic rings. The zero-order valence-corrected chi connectivity index (χ0v) is 11.7. The maximum Gasteiger partial charge on any atom is 0.131 e. The van der Waals surface area contributed by atoms with E-state index in [-0.39, 0.29) is 0 Å². The summed E-state index contributed by atoms with van der Waals surface area (Å²) in [6, 6.07) is 9.61. The number of nitrogens with two attached hydrogens (primary N) is 1. The van der Waals surface area contributed by atoms with Crippen molar-refractivity contribution in [2.45, 2.75) is 19.8 Å². The lowest BCUT2D eigenvalue weighted by molar-refractivity contribution is 0.309. The van der Waals surface area contributed by atoms with Gasteiger partial charge in [-0.05, 0) is 30.2 Å². The average molecular weight is 277 g/mol. The standard InChI is InChI=1S/C15H17ClN2O/c1-2-3-8-19-13-6-4-11(5-7-13)14-9-12(16)10-18-15(14)17/h4-7,9-10H,2-3,8H2,1H3,(H2,17,18). The van der Waals surface area contributed by atoms with Gasteiger partial charge in [0, 0.05) is 11.8 Å². The van der Waals surface area contributed by atoms with E-state index in [1.165, 1.54) is 0 Å². The number of unbranched alkanes of at least 4 members (excludes halogenated alkanes) is 1. The number of rotatable bonds is 5. The number of nitrogen functional groups attached to an aromatic ring is 1. The van der Waals surface area contributed by atoms with Crippen LogP contribution in [0, 0.1) is 0 Å². The van der Waals surface area contributed by atoms with Crippen LogP contribution in [0.2, 0.25) is 5.02 Å². The summed E-state index contributed by atoms with van der Waals surface area (Å²) in [5.41, 5.74) is 7.68. The molecular weight excluding hydrogens is 260 g/mol. The predicted molar refractivity (Wildman–Crippen MR) is 79.5 cm³/mol. The fourth-order valence-corrected chi connectivity index (χ4v) is 1.90. The highest BCUT2D eigenvalue weighted by molar-refractivity contribution is 6.30. The van der Waals surface area contributed by atoms with Crippen LogP contribution in [0.4, 0.5) is 5.82 Å². The molecule has 2 N–H and O–H groups in total. The normalized spacial score (nSPS) is 10.4. The van der Waals surface area contributed by atoms with Crippen LogP contribution in [-0.4, -0.2) is 11.6 Å². The summed E-state index contributed by atoms with van der Waals surface area (Å²) in [5.74, 6) is 1.34. The van der Waals surface area contributed by atoms with E-state index in [1.54, 1.807) is 6.20 Å². The van der Waals surface area contributed by atoms with Gasteiger partial charge in [0.05, 0.1) is 11.6 Å². The molecule has 0 aliphatic heterocycles. The second kappa shape index (κ2) is 6.43. The molecule has 0 unspecified atom stereocenters. The minimum Gasteiger partial charge on any atom is -0.494 e. The second-order valence-corrected chi connectivity index (χ2v) is 4.75. The van der Waals surface area contributed by atoms with Crippen molar-refractivity contribution in [3.8, 4) is 16.9 Å². The Morgan fingerprint density at radius 2 is 2.00 bits per heavy atom. The van der Waals surface area contributed by atoms with Crippen molar-refractivity contribution in [3.05, 3.63) is 41.6 Å². The molecule has 2 rings (SSSR count). The number of pyridine rings is 1. The van der Waals surface area contributed by atoms with Gasteiger partial charge in [0.25, 0.3) is 0 Å². The van der Waals surface area contributed by atoms with Gasteiger partial charge in [0.2, 0.25) is 0 Å². The van der Waals surface area contributed by atoms with Crippen LogP contribution in [0.1, 0.15) is 19.8 Å². The zero-order chi connectivity index (χ0) is 13.7. The van der Waals surface area contributed by atoms with Crippen molar-refractivity contribution in [1.29, 1.82) is 0 Å². The van der Waals surface area contributed by atoms with Crippen molar-refractivity contribution in [3.63, 3.8) is 0 Å². The van der Waals surface area contributed by atoms with Gasteiger partial charge in [-0.15, -0.1) is 0 Å². The highest BCUT2D eigenvalue weighted by Crippen LogP contribution is 2.28. The van der Waals surface area contributed by atoms with E-state index in [0.29, 0.717) is 10.8 Å². The van der Waals surface area contributed by atoms with Crippen molar-refractivity contribution in [2.75, 3.05) is 12.3 Å². The molecule has 1 heterocycles. The molecule has 4 heteroatoms. The summed E-state index contributed by atoms with van der Waals surface area (Å²) >= 11 is 5.94. The second-order valence-electron chi connectivity index (χ2n) is 4.31. The van der Waals surface area contributed by atoms with Crippen LogP contribution < -0.4 is 10.5 Å². The Hall–Kier alpha value is -1.74. The van der Waals surface area contributed by atoms with E-state index < -0.39 is 0 Å². The van der Waals surface area contributed by atoms with Crippen LogP contribution in [0.15, 0.2) is 36.5 Å². The summed E-state index contributed by atoms with van der Waals surface area (Å²) in [5, 5.41) is 0.576. The third kappa shape index (κ3) is 3.61. The average Bonchev–Trinajstić information content (AvgIpc) is 2.43. The fourth-order valence-electron chi connectivity index (χ4n) is 1.75. The van der Waals surface area contributed by atoms with E-state index in [9.17, 15) is 0 Å². The minimum absolute atomic E-state index is 0.476. The van der Waals surface area contributed by atoms with Crippen molar-refractivity contribution < 1.29 is 4.74 Å². The Morgan fingerprint density at radius 1 is 1.26 bits per heavy atom. The smallest absolute Gasteiger partial charge is 0.131 e. The van der Waals surface area contributed by atoms with Gasteiger partial charge in [0.15, 0.2) is 0 Å². The van der Waals surface area contributed by atoms with Gasteiger partial charge in [0.1, 0.15) is 11.6 Å². The molecule has 0 radical (unpaired) electrons. The Balaban J connectivity index is 2.15. The van der Waals surface area contributed by atoms with Gasteiger partial charge in [-0.25, -0.2) is 4.98 Å². The number of aromatic nitrogens is 1. The van der Waals surface area contributed by atoms with E-state index in [4.69, 9.17) is 22.1 Å². The molecule has 100 valence electrons. The first kappa shape index (κ1) is 13.7. The van der Waals surface area contributed by atoms with Gasteiger partial charge in [-0.3, -0.25) is 0 Å². The number of hydrogen-bond donors (Lipinski definition) is 1. The van der Waals surface area contributed by atoms with E-state index in [2.05, 4.69) is 11.9 Å². The highest BCUT2D eigenvalue weighted by Gasteiger charge is 2.05. The van der Waals surface area contributed by atoms with E-state index in [0.717, 1.165) is 36.3 Å². The van der Waals surface area contributed by atoms with Crippen LogP contribution in [0.3, 0.4) is 0 Å². The topological polar surface area (TPSA) is 48.1 Å². The first-order chi connectivity index (χ1) is 9.20. The predicted octanol–water partition coefficient (Wildman–Crippen LogP) is 4.16. The Labute approximate surface area is 118 Å². The number of halogens is 1. The third-order valence-electron chi connectivity index (χ3n) is 2.82. The number of benzene rings is 1. The molecule has 2 aromatic rings. The summed E-state index contributed by atoms with van der Waals surface area (Å²) in [7, 11) is 0. The molecule has 1 aromatic carbocycles. The summed E-state index contributed by atoms with van der Waals surface area (Å²) in [4.78, 5) is 4.05. The largest absolute Gasteiger partial charge is 0.494 e.